The normalized spacial score (nSPS) is 27.5. The molecule has 1 aliphatic heterocycles. The summed E-state index contributed by atoms with van der Waals surface area (Å²) in [7, 11) is 0. The van der Waals surface area contributed by atoms with Gasteiger partial charge in [-0.2, -0.15) is 5.10 Å². The van der Waals surface area contributed by atoms with Crippen molar-refractivity contribution < 1.29 is 4.79 Å². The summed E-state index contributed by atoms with van der Waals surface area (Å²) in [6.45, 7) is 4.28. The lowest BCUT2D eigenvalue weighted by atomic mass is 10.00. The molecule has 0 bridgehead atoms. The molecule has 1 saturated carbocycles. The minimum Gasteiger partial charge on any atom is -0.395 e. The van der Waals surface area contributed by atoms with E-state index < -0.39 is 0 Å². The maximum absolute atomic E-state index is 12.4. The summed E-state index contributed by atoms with van der Waals surface area (Å²) in [5.74, 6) is 0.267. The topological polar surface area (TPSA) is 87.0 Å². The Labute approximate surface area is 119 Å². The molecule has 6 nitrogen and oxygen atoms in total. The van der Waals surface area contributed by atoms with Crippen molar-refractivity contribution >= 4 is 11.6 Å². The molecule has 2 fully saturated rings. The van der Waals surface area contributed by atoms with Crippen LogP contribution in [0.4, 0.5) is 5.69 Å². The number of carbonyl (C=O) groups is 1. The highest BCUT2D eigenvalue weighted by Gasteiger charge is 2.32. The van der Waals surface area contributed by atoms with Gasteiger partial charge in [0.25, 0.3) is 5.91 Å². The molecule has 0 radical (unpaired) electrons. The van der Waals surface area contributed by atoms with Crippen LogP contribution >= 0.6 is 0 Å². The number of H-pyrrole nitrogens is 1. The van der Waals surface area contributed by atoms with E-state index in [9.17, 15) is 4.79 Å². The molecule has 2 heterocycles. The number of nitrogens with one attached hydrogen (secondary N) is 2. The van der Waals surface area contributed by atoms with Crippen molar-refractivity contribution in [2.75, 3.05) is 5.73 Å². The van der Waals surface area contributed by atoms with Crippen LogP contribution in [-0.2, 0) is 0 Å². The van der Waals surface area contributed by atoms with Gasteiger partial charge in [-0.1, -0.05) is 6.42 Å². The SMILES string of the molecule is CC1CCCC(C)N1NC(=O)c1n[nH]c(C2CC2)c1N. The second-order valence-electron chi connectivity index (χ2n) is 6.15. The molecule has 4 N–H and O–H groups in total. The Morgan fingerprint density at radius 3 is 2.55 bits per heavy atom. The molecular weight excluding hydrogens is 254 g/mol. The van der Waals surface area contributed by atoms with E-state index in [0.717, 1.165) is 31.4 Å². The van der Waals surface area contributed by atoms with Crippen LogP contribution in [-0.4, -0.2) is 33.2 Å². The van der Waals surface area contributed by atoms with Gasteiger partial charge in [-0.15, -0.1) is 0 Å². The fourth-order valence-corrected chi connectivity index (χ4v) is 3.03. The molecule has 1 saturated heterocycles. The molecule has 6 heteroatoms. The van der Waals surface area contributed by atoms with Gasteiger partial charge in [0.2, 0.25) is 0 Å². The van der Waals surface area contributed by atoms with Gasteiger partial charge in [-0.3, -0.25) is 15.3 Å². The number of piperidine rings is 1. The Hall–Kier alpha value is -1.56. The van der Waals surface area contributed by atoms with E-state index in [1.54, 1.807) is 0 Å². The fourth-order valence-electron chi connectivity index (χ4n) is 3.03. The Morgan fingerprint density at radius 2 is 1.95 bits per heavy atom. The number of anilines is 1. The third-order valence-corrected chi connectivity index (χ3v) is 4.46. The number of carbonyl (C=O) groups excluding carboxylic acids is 1. The number of aromatic amines is 1. The highest BCUT2D eigenvalue weighted by atomic mass is 16.2. The maximum Gasteiger partial charge on any atom is 0.288 e. The second-order valence-corrected chi connectivity index (χ2v) is 6.15. The van der Waals surface area contributed by atoms with Crippen LogP contribution in [0.3, 0.4) is 0 Å². The van der Waals surface area contributed by atoms with Crippen molar-refractivity contribution in [2.24, 2.45) is 0 Å². The van der Waals surface area contributed by atoms with Gasteiger partial charge in [-0.25, -0.2) is 5.01 Å². The summed E-state index contributed by atoms with van der Waals surface area (Å²) in [6.07, 6.45) is 5.69. The van der Waals surface area contributed by atoms with Crippen LogP contribution < -0.4 is 11.2 Å². The van der Waals surface area contributed by atoms with E-state index in [-0.39, 0.29) is 5.91 Å². The zero-order valence-electron chi connectivity index (χ0n) is 12.1. The highest BCUT2D eigenvalue weighted by molar-refractivity contribution is 5.97. The Kier molecular flexibility index (Phi) is 3.41. The summed E-state index contributed by atoms with van der Waals surface area (Å²) in [4.78, 5) is 12.4. The van der Waals surface area contributed by atoms with E-state index in [0.29, 0.717) is 29.4 Å². The van der Waals surface area contributed by atoms with Crippen LogP contribution in [0.2, 0.25) is 0 Å². The van der Waals surface area contributed by atoms with E-state index in [1.807, 2.05) is 5.01 Å². The highest BCUT2D eigenvalue weighted by Crippen LogP contribution is 2.42. The number of hydrazine groups is 1. The Morgan fingerprint density at radius 1 is 1.30 bits per heavy atom. The van der Waals surface area contributed by atoms with Crippen molar-refractivity contribution in [3.05, 3.63) is 11.4 Å². The van der Waals surface area contributed by atoms with Gasteiger partial charge in [0.05, 0.1) is 11.4 Å². The molecule has 1 aromatic rings. The van der Waals surface area contributed by atoms with Gasteiger partial charge in [0.15, 0.2) is 5.69 Å². The first-order valence-corrected chi connectivity index (χ1v) is 7.51. The number of nitrogen functional groups attached to an aromatic ring is 1. The molecule has 3 rings (SSSR count). The van der Waals surface area contributed by atoms with Crippen molar-refractivity contribution in [3.63, 3.8) is 0 Å². The predicted molar refractivity (Wildman–Crippen MR) is 77.1 cm³/mol. The largest absolute Gasteiger partial charge is 0.395 e. The van der Waals surface area contributed by atoms with Crippen molar-refractivity contribution in [1.29, 1.82) is 0 Å². The van der Waals surface area contributed by atoms with Crippen molar-refractivity contribution in [2.45, 2.75) is 64.0 Å². The number of nitrogens with two attached hydrogens (primary N) is 1. The summed E-state index contributed by atoms with van der Waals surface area (Å²) >= 11 is 0. The number of amides is 1. The summed E-state index contributed by atoms with van der Waals surface area (Å²) in [6, 6.07) is 0.705. The lowest BCUT2D eigenvalue weighted by Gasteiger charge is -2.38. The molecule has 1 aliphatic carbocycles. The fraction of sp³-hybridized carbons (Fsp3) is 0.714. The molecule has 2 atom stereocenters. The molecule has 0 spiro atoms. The van der Waals surface area contributed by atoms with Gasteiger partial charge in [0.1, 0.15) is 0 Å². The molecule has 1 amide bonds. The number of nitrogens with zero attached hydrogens (tertiary/aromatic N) is 2. The quantitative estimate of drug-likeness (QED) is 0.786. The zero-order valence-corrected chi connectivity index (χ0v) is 12.1. The second kappa shape index (κ2) is 5.09. The predicted octanol–water partition coefficient (Wildman–Crippen LogP) is 1.78. The molecule has 110 valence electrons. The first-order chi connectivity index (χ1) is 9.58. The number of hydrogen-bond donors (Lipinski definition) is 3. The number of aromatic nitrogens is 2. The average Bonchev–Trinajstić information content (AvgIpc) is 3.17. The summed E-state index contributed by atoms with van der Waals surface area (Å²) in [5, 5.41) is 9.06. The lowest BCUT2D eigenvalue weighted by molar-refractivity contribution is 0.0367. The van der Waals surface area contributed by atoms with Crippen LogP contribution in [0.5, 0.6) is 0 Å². The van der Waals surface area contributed by atoms with Gasteiger partial charge < -0.3 is 5.73 Å². The van der Waals surface area contributed by atoms with Crippen LogP contribution in [0.25, 0.3) is 0 Å². The van der Waals surface area contributed by atoms with Crippen molar-refractivity contribution in [1.82, 2.24) is 20.6 Å². The first-order valence-electron chi connectivity index (χ1n) is 7.51. The van der Waals surface area contributed by atoms with Crippen molar-refractivity contribution in [3.8, 4) is 0 Å². The van der Waals surface area contributed by atoms with Crippen LogP contribution in [0.15, 0.2) is 0 Å². The lowest BCUT2D eigenvalue weighted by Crippen LogP contribution is -2.54. The molecule has 20 heavy (non-hydrogen) atoms. The monoisotopic (exact) mass is 277 g/mol. The molecule has 0 aromatic carbocycles. The Balaban J connectivity index is 1.72. The zero-order chi connectivity index (χ0) is 14.3. The maximum atomic E-state index is 12.4. The first kappa shape index (κ1) is 13.4. The molecule has 2 unspecified atom stereocenters. The van der Waals surface area contributed by atoms with E-state index >= 15 is 0 Å². The third kappa shape index (κ3) is 2.40. The standard InChI is InChI=1S/C14H23N5O/c1-8-4-3-5-9(2)19(8)18-14(20)13-11(15)12(16-17-13)10-6-7-10/h8-10H,3-7,15H2,1-2H3,(H,16,17)(H,18,20). The minimum absolute atomic E-state index is 0.203. The van der Waals surface area contributed by atoms with E-state index in [4.69, 9.17) is 5.73 Å². The summed E-state index contributed by atoms with van der Waals surface area (Å²) < 4.78 is 0. The van der Waals surface area contributed by atoms with Crippen LogP contribution in [0, 0.1) is 0 Å². The Bertz CT molecular complexity index is 498. The molecule has 2 aliphatic rings. The van der Waals surface area contributed by atoms with E-state index in [2.05, 4.69) is 29.5 Å². The smallest absolute Gasteiger partial charge is 0.288 e. The summed E-state index contributed by atoms with van der Waals surface area (Å²) in [5.41, 5.74) is 10.8. The average molecular weight is 277 g/mol. The van der Waals surface area contributed by atoms with E-state index in [1.165, 1.54) is 6.42 Å². The number of rotatable bonds is 3. The van der Waals surface area contributed by atoms with Gasteiger partial charge in [-0.05, 0) is 39.5 Å². The molecular formula is C14H23N5O. The minimum atomic E-state index is -0.203. The van der Waals surface area contributed by atoms with Crippen LogP contribution in [0.1, 0.15) is 68.1 Å². The van der Waals surface area contributed by atoms with Gasteiger partial charge in [0, 0.05) is 18.0 Å². The third-order valence-electron chi connectivity index (χ3n) is 4.46. The molecule has 1 aromatic heterocycles. The van der Waals surface area contributed by atoms with Gasteiger partial charge >= 0.3 is 0 Å². The number of hydrogen-bond acceptors (Lipinski definition) is 4.